The zero-order valence-corrected chi connectivity index (χ0v) is 16.6. The van der Waals surface area contributed by atoms with Gasteiger partial charge in [-0.3, -0.25) is 4.79 Å². The molecule has 152 valence electrons. The molecular formula is C23H26N2O4. The molecule has 6 heteroatoms. The topological polar surface area (TPSA) is 69.2 Å². The number of aryl methyl sites for hydroxylation is 1. The highest BCUT2D eigenvalue weighted by molar-refractivity contribution is 5.83. The Kier molecular flexibility index (Phi) is 9.02. The summed E-state index contributed by atoms with van der Waals surface area (Å²) in [6.45, 7) is 9.95. The second-order valence-electron chi connectivity index (χ2n) is 5.98. The second-order valence-corrected chi connectivity index (χ2v) is 5.98. The Morgan fingerprint density at radius 3 is 2.34 bits per heavy atom. The molecule has 0 bridgehead atoms. The van der Waals surface area contributed by atoms with Crippen molar-refractivity contribution in [3.8, 4) is 17.2 Å². The van der Waals surface area contributed by atoms with Crippen LogP contribution in [0, 0.1) is 0 Å². The zero-order chi connectivity index (χ0) is 20.9. The van der Waals surface area contributed by atoms with Gasteiger partial charge in [0.1, 0.15) is 19.0 Å². The van der Waals surface area contributed by atoms with E-state index in [1.165, 1.54) is 11.8 Å². The molecule has 0 spiro atoms. The van der Waals surface area contributed by atoms with Crippen LogP contribution in [0.2, 0.25) is 0 Å². The predicted molar refractivity (Wildman–Crippen MR) is 115 cm³/mol. The minimum absolute atomic E-state index is 0.120. The maximum absolute atomic E-state index is 11.9. The number of rotatable bonds is 12. The molecule has 0 aliphatic carbocycles. The van der Waals surface area contributed by atoms with Crippen LogP contribution in [0.25, 0.3) is 0 Å². The molecule has 1 amide bonds. The summed E-state index contributed by atoms with van der Waals surface area (Å²) in [7, 11) is 0. The number of benzene rings is 2. The maximum Gasteiger partial charge on any atom is 0.277 e. The van der Waals surface area contributed by atoms with E-state index >= 15 is 0 Å². The lowest BCUT2D eigenvalue weighted by atomic mass is 10.2. The predicted octanol–water partition coefficient (Wildman–Crippen LogP) is 3.91. The van der Waals surface area contributed by atoms with Crippen LogP contribution in [-0.2, 0) is 11.2 Å². The Hall–Kier alpha value is -3.54. The van der Waals surface area contributed by atoms with Gasteiger partial charge in [-0.1, -0.05) is 44.4 Å². The van der Waals surface area contributed by atoms with Crippen LogP contribution < -0.4 is 19.6 Å². The first kappa shape index (κ1) is 21.8. The molecule has 0 fully saturated rings. The van der Waals surface area contributed by atoms with E-state index in [0.717, 1.165) is 12.0 Å². The van der Waals surface area contributed by atoms with Crippen molar-refractivity contribution in [3.63, 3.8) is 0 Å². The van der Waals surface area contributed by atoms with E-state index in [0.29, 0.717) is 30.5 Å². The largest absolute Gasteiger partial charge is 0.486 e. The number of nitrogens with one attached hydrogen (secondary N) is 1. The molecule has 0 saturated heterocycles. The second kappa shape index (κ2) is 12.0. The standard InChI is InChI=1S/C23H26N2O4/c1-4-13-27-21-12-9-19(15-22(21)28-14-5-2)16-24-25-23(26)17-29-20-10-7-18(6-3)8-11-20/h4-5,7-12,15-16H,1-2,6,13-14,17H2,3H3,(H,25,26)/b24-16-. The van der Waals surface area contributed by atoms with Gasteiger partial charge >= 0.3 is 0 Å². The Bertz CT molecular complexity index is 844. The van der Waals surface area contributed by atoms with Crippen molar-refractivity contribution in [2.45, 2.75) is 13.3 Å². The Labute approximate surface area is 171 Å². The van der Waals surface area contributed by atoms with Gasteiger partial charge in [-0.25, -0.2) is 5.43 Å². The number of hydrazone groups is 1. The summed E-state index contributed by atoms with van der Waals surface area (Å²) >= 11 is 0. The van der Waals surface area contributed by atoms with E-state index in [4.69, 9.17) is 14.2 Å². The fraction of sp³-hybridized carbons (Fsp3) is 0.217. The molecule has 29 heavy (non-hydrogen) atoms. The maximum atomic E-state index is 11.9. The van der Waals surface area contributed by atoms with E-state index in [2.05, 4.69) is 30.6 Å². The van der Waals surface area contributed by atoms with Gasteiger partial charge in [0.05, 0.1) is 6.21 Å². The molecule has 0 saturated carbocycles. The van der Waals surface area contributed by atoms with Gasteiger partial charge in [0.15, 0.2) is 18.1 Å². The Morgan fingerprint density at radius 2 is 1.69 bits per heavy atom. The fourth-order valence-corrected chi connectivity index (χ4v) is 2.32. The number of hydrogen-bond donors (Lipinski definition) is 1. The van der Waals surface area contributed by atoms with Crippen molar-refractivity contribution in [2.24, 2.45) is 5.10 Å². The van der Waals surface area contributed by atoms with Crippen LogP contribution in [-0.4, -0.2) is 31.9 Å². The van der Waals surface area contributed by atoms with E-state index < -0.39 is 0 Å². The normalized spacial score (nSPS) is 10.4. The molecule has 0 aliphatic heterocycles. The first-order valence-electron chi connectivity index (χ1n) is 9.31. The van der Waals surface area contributed by atoms with Gasteiger partial charge in [0, 0.05) is 0 Å². The molecular weight excluding hydrogens is 368 g/mol. The molecule has 0 aliphatic rings. The average Bonchev–Trinajstić information content (AvgIpc) is 2.75. The van der Waals surface area contributed by atoms with Crippen molar-refractivity contribution < 1.29 is 19.0 Å². The van der Waals surface area contributed by atoms with Crippen LogP contribution >= 0.6 is 0 Å². The number of ether oxygens (including phenoxy) is 3. The molecule has 1 N–H and O–H groups in total. The van der Waals surface area contributed by atoms with Crippen LogP contribution in [0.3, 0.4) is 0 Å². The van der Waals surface area contributed by atoms with E-state index in [1.807, 2.05) is 24.3 Å². The van der Waals surface area contributed by atoms with Crippen molar-refractivity contribution >= 4 is 12.1 Å². The van der Waals surface area contributed by atoms with Crippen molar-refractivity contribution in [1.82, 2.24) is 5.43 Å². The third-order valence-electron chi connectivity index (χ3n) is 3.79. The monoisotopic (exact) mass is 394 g/mol. The quantitative estimate of drug-likeness (QED) is 0.337. The molecule has 6 nitrogen and oxygen atoms in total. The van der Waals surface area contributed by atoms with Crippen LogP contribution in [0.5, 0.6) is 17.2 Å². The highest BCUT2D eigenvalue weighted by Crippen LogP contribution is 2.28. The van der Waals surface area contributed by atoms with Gasteiger partial charge in [0.2, 0.25) is 0 Å². The summed E-state index contributed by atoms with van der Waals surface area (Å²) in [5.41, 5.74) is 4.39. The van der Waals surface area contributed by atoms with Gasteiger partial charge < -0.3 is 14.2 Å². The summed E-state index contributed by atoms with van der Waals surface area (Å²) in [5, 5.41) is 3.96. The van der Waals surface area contributed by atoms with Crippen LogP contribution in [0.15, 0.2) is 72.9 Å². The minimum atomic E-state index is -0.352. The molecule has 2 aromatic rings. The van der Waals surface area contributed by atoms with Gasteiger partial charge in [-0.05, 0) is 47.9 Å². The summed E-state index contributed by atoms with van der Waals surface area (Å²) in [6, 6.07) is 13.0. The third kappa shape index (κ3) is 7.54. The molecule has 2 rings (SSSR count). The van der Waals surface area contributed by atoms with Crippen molar-refractivity contribution in [2.75, 3.05) is 19.8 Å². The first-order chi connectivity index (χ1) is 14.2. The smallest absolute Gasteiger partial charge is 0.277 e. The van der Waals surface area contributed by atoms with Gasteiger partial charge in [-0.2, -0.15) is 5.10 Å². The Balaban J connectivity index is 1.89. The average molecular weight is 394 g/mol. The lowest BCUT2D eigenvalue weighted by molar-refractivity contribution is -0.123. The molecule has 0 unspecified atom stereocenters. The molecule has 0 radical (unpaired) electrons. The fourth-order valence-electron chi connectivity index (χ4n) is 2.32. The molecule has 0 aromatic heterocycles. The highest BCUT2D eigenvalue weighted by Gasteiger charge is 2.06. The van der Waals surface area contributed by atoms with Crippen LogP contribution in [0.1, 0.15) is 18.1 Å². The molecule has 0 atom stereocenters. The number of hydrogen-bond acceptors (Lipinski definition) is 5. The molecule has 0 heterocycles. The number of nitrogens with zero attached hydrogens (tertiary/aromatic N) is 1. The Morgan fingerprint density at radius 1 is 1.00 bits per heavy atom. The van der Waals surface area contributed by atoms with Gasteiger partial charge in [0.25, 0.3) is 5.91 Å². The number of amides is 1. The van der Waals surface area contributed by atoms with Crippen molar-refractivity contribution in [3.05, 3.63) is 78.9 Å². The first-order valence-corrected chi connectivity index (χ1v) is 9.31. The number of carbonyl (C=O) groups excluding carboxylic acids is 1. The van der Waals surface area contributed by atoms with Crippen LogP contribution in [0.4, 0.5) is 0 Å². The molecule has 2 aromatic carbocycles. The SMILES string of the molecule is C=CCOc1ccc(/C=N\NC(=O)COc2ccc(CC)cc2)cc1OCC=C. The lowest BCUT2D eigenvalue weighted by Gasteiger charge is -2.11. The summed E-state index contributed by atoms with van der Waals surface area (Å²) in [6.07, 6.45) is 5.78. The number of carbonyl (C=O) groups is 1. The van der Waals surface area contributed by atoms with Gasteiger partial charge in [-0.15, -0.1) is 0 Å². The minimum Gasteiger partial charge on any atom is -0.486 e. The van der Waals surface area contributed by atoms with E-state index in [1.54, 1.807) is 30.4 Å². The zero-order valence-electron chi connectivity index (χ0n) is 16.6. The van der Waals surface area contributed by atoms with E-state index in [9.17, 15) is 4.79 Å². The summed E-state index contributed by atoms with van der Waals surface area (Å²) in [5.74, 6) is 1.44. The summed E-state index contributed by atoms with van der Waals surface area (Å²) < 4.78 is 16.6. The third-order valence-corrected chi connectivity index (χ3v) is 3.79. The van der Waals surface area contributed by atoms with E-state index in [-0.39, 0.29) is 12.5 Å². The van der Waals surface area contributed by atoms with Crippen molar-refractivity contribution in [1.29, 1.82) is 0 Å². The lowest BCUT2D eigenvalue weighted by Crippen LogP contribution is -2.24. The highest BCUT2D eigenvalue weighted by atomic mass is 16.5. The summed E-state index contributed by atoms with van der Waals surface area (Å²) in [4.78, 5) is 11.9.